The van der Waals surface area contributed by atoms with E-state index in [1.54, 1.807) is 12.1 Å². The molecule has 6 heteroatoms. The van der Waals surface area contributed by atoms with Crippen molar-refractivity contribution in [3.63, 3.8) is 0 Å². The first kappa shape index (κ1) is 15.2. The van der Waals surface area contributed by atoms with Crippen molar-refractivity contribution < 1.29 is 18.3 Å². The van der Waals surface area contributed by atoms with Crippen molar-refractivity contribution in [3.8, 4) is 0 Å². The number of carbonyl (C=O) groups excluding carboxylic acids is 1. The van der Waals surface area contributed by atoms with Crippen LogP contribution in [0.15, 0.2) is 29.2 Å². The third kappa shape index (κ3) is 3.65. The summed E-state index contributed by atoms with van der Waals surface area (Å²) in [6.45, 7) is 1.40. The van der Waals surface area contributed by atoms with Crippen LogP contribution in [0.4, 0.5) is 0 Å². The predicted octanol–water partition coefficient (Wildman–Crippen LogP) is 1.47. The lowest BCUT2D eigenvalue weighted by molar-refractivity contribution is 0.101. The van der Waals surface area contributed by atoms with Crippen molar-refractivity contribution in [1.29, 1.82) is 0 Å². The fourth-order valence-corrected chi connectivity index (χ4v) is 3.71. The number of rotatable bonds is 4. The Hall–Kier alpha value is -1.24. The number of hydrogen-bond acceptors (Lipinski definition) is 4. The molecule has 0 atom stereocenters. The van der Waals surface area contributed by atoms with E-state index in [0.29, 0.717) is 31.2 Å². The molecule has 0 saturated heterocycles. The number of sulfonamides is 1. The number of carbonyl (C=O) groups is 1. The van der Waals surface area contributed by atoms with Crippen LogP contribution in [-0.4, -0.2) is 31.5 Å². The first-order chi connectivity index (χ1) is 9.38. The molecule has 1 saturated carbocycles. The fourth-order valence-electron chi connectivity index (χ4n) is 2.36. The first-order valence-corrected chi connectivity index (χ1v) is 8.18. The molecule has 1 aromatic carbocycles. The molecule has 0 bridgehead atoms. The summed E-state index contributed by atoms with van der Waals surface area (Å²) in [4.78, 5) is 11.4. The molecule has 0 aliphatic heterocycles. The number of aliphatic hydroxyl groups excluding tert-OH is 1. The summed E-state index contributed by atoms with van der Waals surface area (Å²) in [6.07, 6.45) is 2.16. The Balaban J connectivity index is 2.14. The van der Waals surface area contributed by atoms with E-state index in [0.717, 1.165) is 0 Å². The van der Waals surface area contributed by atoms with Gasteiger partial charge in [-0.2, -0.15) is 0 Å². The predicted molar refractivity (Wildman–Crippen MR) is 75.0 cm³/mol. The number of aliphatic hydroxyl groups is 1. The number of Topliss-reactive ketones (excluding diaryl/α,β-unsaturated/α-hetero) is 1. The van der Waals surface area contributed by atoms with Gasteiger partial charge in [-0.25, -0.2) is 13.1 Å². The van der Waals surface area contributed by atoms with Gasteiger partial charge in [-0.3, -0.25) is 4.79 Å². The maximum Gasteiger partial charge on any atom is 0.240 e. The molecule has 0 amide bonds. The van der Waals surface area contributed by atoms with Gasteiger partial charge in [-0.05, 0) is 44.7 Å². The Bertz CT molecular complexity index is 589. The minimum Gasteiger partial charge on any atom is -0.393 e. The average molecular weight is 297 g/mol. The second-order valence-corrected chi connectivity index (χ2v) is 6.92. The van der Waals surface area contributed by atoms with Crippen LogP contribution in [0.5, 0.6) is 0 Å². The third-order valence-electron chi connectivity index (χ3n) is 3.57. The molecule has 1 aliphatic rings. The molecule has 20 heavy (non-hydrogen) atoms. The topological polar surface area (TPSA) is 83.5 Å². The smallest absolute Gasteiger partial charge is 0.240 e. The van der Waals surface area contributed by atoms with E-state index in [1.165, 1.54) is 19.1 Å². The summed E-state index contributed by atoms with van der Waals surface area (Å²) >= 11 is 0. The van der Waals surface area contributed by atoms with E-state index in [4.69, 9.17) is 0 Å². The second kappa shape index (κ2) is 6.03. The molecule has 0 heterocycles. The maximum absolute atomic E-state index is 12.3. The molecule has 110 valence electrons. The Kier molecular flexibility index (Phi) is 4.57. The second-order valence-electron chi connectivity index (χ2n) is 5.21. The zero-order valence-electron chi connectivity index (χ0n) is 11.4. The number of ketones is 1. The molecule has 1 fully saturated rings. The van der Waals surface area contributed by atoms with Crippen molar-refractivity contribution in [2.45, 2.75) is 49.6 Å². The number of benzene rings is 1. The Labute approximate surface area is 119 Å². The van der Waals surface area contributed by atoms with E-state index in [9.17, 15) is 18.3 Å². The standard InChI is InChI=1S/C14H19NO4S/c1-10(16)11-3-2-4-14(9-11)20(18,19)15-12-5-7-13(17)8-6-12/h2-4,9,12-13,15,17H,5-8H2,1H3. The molecule has 2 N–H and O–H groups in total. The van der Waals surface area contributed by atoms with Crippen molar-refractivity contribution in [3.05, 3.63) is 29.8 Å². The van der Waals surface area contributed by atoms with E-state index >= 15 is 0 Å². The van der Waals surface area contributed by atoms with E-state index in [-0.39, 0.29) is 22.8 Å². The first-order valence-electron chi connectivity index (χ1n) is 6.70. The minimum atomic E-state index is -3.62. The summed E-state index contributed by atoms with van der Waals surface area (Å²) < 4.78 is 27.2. The Morgan fingerprint density at radius 1 is 1.25 bits per heavy atom. The molecule has 2 rings (SSSR count). The van der Waals surface area contributed by atoms with E-state index in [1.807, 2.05) is 0 Å². The summed E-state index contributed by atoms with van der Waals surface area (Å²) in [7, 11) is -3.62. The summed E-state index contributed by atoms with van der Waals surface area (Å²) in [6, 6.07) is 5.88. The maximum atomic E-state index is 12.3. The zero-order valence-corrected chi connectivity index (χ0v) is 12.2. The van der Waals surface area contributed by atoms with E-state index < -0.39 is 10.0 Å². The van der Waals surface area contributed by atoms with Crippen LogP contribution < -0.4 is 4.72 Å². The lowest BCUT2D eigenvalue weighted by atomic mass is 9.94. The van der Waals surface area contributed by atoms with Crippen molar-refractivity contribution in [1.82, 2.24) is 4.72 Å². The van der Waals surface area contributed by atoms with Gasteiger partial charge in [0.25, 0.3) is 0 Å². The lowest BCUT2D eigenvalue weighted by Gasteiger charge is -2.26. The minimum absolute atomic E-state index is 0.108. The highest BCUT2D eigenvalue weighted by molar-refractivity contribution is 7.89. The van der Waals surface area contributed by atoms with Gasteiger partial charge in [0, 0.05) is 11.6 Å². The van der Waals surface area contributed by atoms with Crippen LogP contribution in [0.25, 0.3) is 0 Å². The highest BCUT2D eigenvalue weighted by atomic mass is 32.2. The van der Waals surface area contributed by atoms with Gasteiger partial charge in [0.05, 0.1) is 11.0 Å². The molecule has 0 radical (unpaired) electrons. The van der Waals surface area contributed by atoms with Crippen molar-refractivity contribution in [2.24, 2.45) is 0 Å². The van der Waals surface area contributed by atoms with Gasteiger partial charge in [0.1, 0.15) is 0 Å². The monoisotopic (exact) mass is 297 g/mol. The molecule has 0 spiro atoms. The van der Waals surface area contributed by atoms with Gasteiger partial charge in [0.15, 0.2) is 5.78 Å². The molecule has 1 aliphatic carbocycles. The molecule has 1 aromatic rings. The SMILES string of the molecule is CC(=O)c1cccc(S(=O)(=O)NC2CCC(O)CC2)c1. The number of hydrogen-bond donors (Lipinski definition) is 2. The van der Waals surface area contributed by atoms with Gasteiger partial charge in [-0.1, -0.05) is 12.1 Å². The highest BCUT2D eigenvalue weighted by Gasteiger charge is 2.25. The van der Waals surface area contributed by atoms with Crippen LogP contribution in [0.1, 0.15) is 43.0 Å². The Morgan fingerprint density at radius 3 is 2.50 bits per heavy atom. The third-order valence-corrected chi connectivity index (χ3v) is 5.09. The summed E-state index contributed by atoms with van der Waals surface area (Å²) in [5.74, 6) is -0.164. The van der Waals surface area contributed by atoms with Crippen molar-refractivity contribution >= 4 is 15.8 Å². The quantitative estimate of drug-likeness (QED) is 0.824. The van der Waals surface area contributed by atoms with Gasteiger partial charge in [-0.15, -0.1) is 0 Å². The van der Waals surface area contributed by atoms with Crippen LogP contribution in [0, 0.1) is 0 Å². The summed E-state index contributed by atoms with van der Waals surface area (Å²) in [5, 5.41) is 9.43. The van der Waals surface area contributed by atoms with Gasteiger partial charge >= 0.3 is 0 Å². The van der Waals surface area contributed by atoms with Gasteiger partial charge in [0.2, 0.25) is 10.0 Å². The highest BCUT2D eigenvalue weighted by Crippen LogP contribution is 2.21. The normalized spacial score (nSPS) is 23.5. The van der Waals surface area contributed by atoms with Crippen LogP contribution in [-0.2, 0) is 10.0 Å². The summed E-state index contributed by atoms with van der Waals surface area (Å²) in [5.41, 5.74) is 0.381. The van der Waals surface area contributed by atoms with Crippen LogP contribution >= 0.6 is 0 Å². The lowest BCUT2D eigenvalue weighted by Crippen LogP contribution is -2.38. The molecule has 0 unspecified atom stereocenters. The molecular formula is C14H19NO4S. The number of nitrogens with one attached hydrogen (secondary N) is 1. The zero-order chi connectivity index (χ0) is 14.8. The Morgan fingerprint density at radius 2 is 1.90 bits per heavy atom. The fraction of sp³-hybridized carbons (Fsp3) is 0.500. The molecular weight excluding hydrogens is 278 g/mol. The largest absolute Gasteiger partial charge is 0.393 e. The average Bonchev–Trinajstić information content (AvgIpc) is 2.41. The van der Waals surface area contributed by atoms with E-state index in [2.05, 4.69) is 4.72 Å². The molecule has 0 aromatic heterocycles. The van der Waals surface area contributed by atoms with Gasteiger partial charge < -0.3 is 5.11 Å². The molecule has 5 nitrogen and oxygen atoms in total. The van der Waals surface area contributed by atoms with Crippen molar-refractivity contribution in [2.75, 3.05) is 0 Å². The van der Waals surface area contributed by atoms with Crippen LogP contribution in [0.3, 0.4) is 0 Å². The van der Waals surface area contributed by atoms with Crippen LogP contribution in [0.2, 0.25) is 0 Å².